The minimum absolute atomic E-state index is 0.269. The fourth-order valence-corrected chi connectivity index (χ4v) is 2.25. The van der Waals surface area contributed by atoms with Crippen molar-refractivity contribution in [2.45, 2.75) is 46.4 Å². The van der Waals surface area contributed by atoms with Gasteiger partial charge in [-0.25, -0.2) is 9.67 Å². The fourth-order valence-electron chi connectivity index (χ4n) is 2.25. The molecule has 0 saturated carbocycles. The molecular weight excluding hydrogens is 264 g/mol. The third-order valence-electron chi connectivity index (χ3n) is 3.44. The molecule has 5 heteroatoms. The smallest absolute Gasteiger partial charge is 0.164 e. The maximum absolute atomic E-state index is 5.96. The molecule has 0 spiro atoms. The van der Waals surface area contributed by atoms with Crippen LogP contribution in [0.1, 0.15) is 44.6 Å². The number of ether oxygens (including phenoxy) is 1. The van der Waals surface area contributed by atoms with Crippen molar-refractivity contribution >= 4 is 0 Å². The van der Waals surface area contributed by atoms with Crippen molar-refractivity contribution in [2.24, 2.45) is 0 Å². The molecule has 2 aromatic rings. The van der Waals surface area contributed by atoms with E-state index in [1.807, 2.05) is 29.8 Å². The van der Waals surface area contributed by atoms with E-state index in [-0.39, 0.29) is 6.04 Å². The van der Waals surface area contributed by atoms with E-state index in [1.54, 1.807) is 6.33 Å². The van der Waals surface area contributed by atoms with Gasteiger partial charge in [0, 0.05) is 18.2 Å². The Balaban J connectivity index is 2.06. The highest BCUT2D eigenvalue weighted by atomic mass is 16.5. The predicted molar refractivity (Wildman–Crippen MR) is 83.2 cm³/mol. The van der Waals surface area contributed by atoms with E-state index in [1.165, 1.54) is 5.56 Å². The van der Waals surface area contributed by atoms with Crippen molar-refractivity contribution in [3.05, 3.63) is 42.0 Å². The third-order valence-corrected chi connectivity index (χ3v) is 3.44. The van der Waals surface area contributed by atoms with Gasteiger partial charge in [-0.2, -0.15) is 5.10 Å². The molecule has 0 bridgehead atoms. The quantitative estimate of drug-likeness (QED) is 0.811. The minimum Gasteiger partial charge on any atom is -0.485 e. The summed E-state index contributed by atoms with van der Waals surface area (Å²) in [4.78, 5) is 4.24. The Bertz CT molecular complexity index is 553. The zero-order valence-electron chi connectivity index (χ0n) is 13.0. The van der Waals surface area contributed by atoms with Gasteiger partial charge in [-0.1, -0.05) is 25.1 Å². The second kappa shape index (κ2) is 7.78. The lowest BCUT2D eigenvalue weighted by Gasteiger charge is -2.18. The molecule has 0 aliphatic carbocycles. The average molecular weight is 288 g/mol. The molecule has 0 amide bonds. The van der Waals surface area contributed by atoms with E-state index >= 15 is 0 Å². The van der Waals surface area contributed by atoms with Gasteiger partial charge in [0.25, 0.3) is 0 Å². The first-order valence-corrected chi connectivity index (χ1v) is 7.58. The Hall–Kier alpha value is -1.88. The van der Waals surface area contributed by atoms with Crippen LogP contribution in [0.4, 0.5) is 0 Å². The van der Waals surface area contributed by atoms with E-state index in [4.69, 9.17) is 4.74 Å². The van der Waals surface area contributed by atoms with Gasteiger partial charge >= 0.3 is 0 Å². The van der Waals surface area contributed by atoms with Crippen LogP contribution in [0.3, 0.4) is 0 Å². The number of nitrogens with one attached hydrogen (secondary N) is 1. The molecule has 1 heterocycles. The highest BCUT2D eigenvalue weighted by Gasteiger charge is 2.11. The second-order valence-corrected chi connectivity index (χ2v) is 4.99. The number of nitrogens with zero attached hydrogens (tertiary/aromatic N) is 3. The maximum Gasteiger partial charge on any atom is 0.164 e. The Morgan fingerprint density at radius 3 is 2.86 bits per heavy atom. The Kier molecular flexibility index (Phi) is 5.75. The van der Waals surface area contributed by atoms with Gasteiger partial charge in [-0.15, -0.1) is 0 Å². The highest BCUT2D eigenvalue weighted by Crippen LogP contribution is 2.25. The Morgan fingerprint density at radius 1 is 1.29 bits per heavy atom. The Morgan fingerprint density at radius 2 is 2.10 bits per heavy atom. The van der Waals surface area contributed by atoms with E-state index in [0.717, 1.165) is 31.1 Å². The molecule has 1 unspecified atom stereocenters. The fraction of sp³-hybridized carbons (Fsp3) is 0.500. The number of aromatic nitrogens is 3. The molecule has 0 saturated heterocycles. The topological polar surface area (TPSA) is 52.0 Å². The summed E-state index contributed by atoms with van der Waals surface area (Å²) in [6, 6.07) is 8.42. The average Bonchev–Trinajstić information content (AvgIpc) is 2.98. The second-order valence-electron chi connectivity index (χ2n) is 4.99. The highest BCUT2D eigenvalue weighted by molar-refractivity contribution is 5.35. The molecule has 1 aromatic heterocycles. The first-order valence-electron chi connectivity index (χ1n) is 7.58. The summed E-state index contributed by atoms with van der Waals surface area (Å²) >= 11 is 0. The lowest BCUT2D eigenvalue weighted by Crippen LogP contribution is -2.20. The van der Waals surface area contributed by atoms with Gasteiger partial charge in [0.2, 0.25) is 0 Å². The van der Waals surface area contributed by atoms with Crippen LogP contribution in [0.5, 0.6) is 5.75 Å². The van der Waals surface area contributed by atoms with E-state index in [0.29, 0.717) is 6.61 Å². The molecule has 1 atom stereocenters. The van der Waals surface area contributed by atoms with Crippen molar-refractivity contribution in [1.82, 2.24) is 20.1 Å². The molecule has 114 valence electrons. The molecule has 0 radical (unpaired) electrons. The summed E-state index contributed by atoms with van der Waals surface area (Å²) < 4.78 is 7.81. The summed E-state index contributed by atoms with van der Waals surface area (Å²) in [5.41, 5.74) is 1.17. The monoisotopic (exact) mass is 288 g/mol. The summed E-state index contributed by atoms with van der Waals surface area (Å²) in [7, 11) is 0. The molecule has 1 N–H and O–H groups in total. The number of para-hydroxylation sites is 1. The van der Waals surface area contributed by atoms with Gasteiger partial charge < -0.3 is 10.1 Å². The molecule has 21 heavy (non-hydrogen) atoms. The predicted octanol–water partition coefficient (Wildman–Crippen LogP) is 2.94. The molecule has 0 aliphatic rings. The summed E-state index contributed by atoms with van der Waals surface area (Å²) in [6.07, 6.45) is 2.69. The maximum atomic E-state index is 5.96. The Labute approximate surface area is 126 Å². The van der Waals surface area contributed by atoms with E-state index in [9.17, 15) is 0 Å². The zero-order valence-corrected chi connectivity index (χ0v) is 13.0. The number of hydrogen-bond donors (Lipinski definition) is 1. The minimum atomic E-state index is 0.269. The van der Waals surface area contributed by atoms with Crippen LogP contribution in [0.15, 0.2) is 30.6 Å². The van der Waals surface area contributed by atoms with Gasteiger partial charge in [0.15, 0.2) is 5.82 Å². The zero-order chi connectivity index (χ0) is 15.1. The van der Waals surface area contributed by atoms with Gasteiger partial charge in [-0.3, -0.25) is 0 Å². The third kappa shape index (κ3) is 4.04. The van der Waals surface area contributed by atoms with E-state index in [2.05, 4.69) is 35.3 Å². The van der Waals surface area contributed by atoms with Crippen molar-refractivity contribution in [1.29, 1.82) is 0 Å². The van der Waals surface area contributed by atoms with Crippen LogP contribution in [0.2, 0.25) is 0 Å². The van der Waals surface area contributed by atoms with Crippen molar-refractivity contribution in [3.63, 3.8) is 0 Å². The van der Waals surface area contributed by atoms with E-state index < -0.39 is 0 Å². The lowest BCUT2D eigenvalue weighted by molar-refractivity contribution is 0.282. The molecule has 0 fully saturated rings. The first kappa shape index (κ1) is 15.5. The molecule has 5 nitrogen and oxygen atoms in total. The first-order chi connectivity index (χ1) is 10.3. The van der Waals surface area contributed by atoms with Crippen LogP contribution in [-0.4, -0.2) is 21.3 Å². The van der Waals surface area contributed by atoms with Crippen LogP contribution >= 0.6 is 0 Å². The summed E-state index contributed by atoms with van der Waals surface area (Å²) in [5, 5.41) is 7.65. The van der Waals surface area contributed by atoms with Crippen LogP contribution < -0.4 is 10.1 Å². The van der Waals surface area contributed by atoms with Gasteiger partial charge in [0.05, 0.1) is 0 Å². The molecule has 2 rings (SSSR count). The van der Waals surface area contributed by atoms with Gasteiger partial charge in [0.1, 0.15) is 18.7 Å². The number of hydrogen-bond acceptors (Lipinski definition) is 4. The lowest BCUT2D eigenvalue weighted by atomic mass is 10.1. The van der Waals surface area contributed by atoms with Crippen molar-refractivity contribution in [3.8, 4) is 5.75 Å². The molecule has 0 aliphatic heterocycles. The number of aryl methyl sites for hydroxylation is 1. The molecular formula is C16H24N4O. The SMILES string of the molecule is CCCNC(C)c1ccccc1OCc1ncnn1CC. The summed E-state index contributed by atoms with van der Waals surface area (Å²) in [5.74, 6) is 1.75. The van der Waals surface area contributed by atoms with Crippen LogP contribution in [0, 0.1) is 0 Å². The standard InChI is InChI=1S/C16H24N4O/c1-4-10-17-13(3)14-8-6-7-9-15(14)21-11-16-18-12-19-20(16)5-2/h6-9,12-13,17H,4-5,10-11H2,1-3H3. The largest absolute Gasteiger partial charge is 0.485 e. The number of rotatable bonds is 8. The normalized spacial score (nSPS) is 12.3. The summed E-state index contributed by atoms with van der Waals surface area (Å²) in [6.45, 7) is 8.61. The van der Waals surface area contributed by atoms with Crippen LogP contribution in [-0.2, 0) is 13.2 Å². The number of benzene rings is 1. The van der Waals surface area contributed by atoms with Crippen molar-refractivity contribution in [2.75, 3.05) is 6.54 Å². The molecule has 1 aromatic carbocycles. The van der Waals surface area contributed by atoms with Crippen molar-refractivity contribution < 1.29 is 4.74 Å². The van der Waals surface area contributed by atoms with Crippen LogP contribution in [0.25, 0.3) is 0 Å². The van der Waals surface area contributed by atoms with Gasteiger partial charge in [-0.05, 0) is 32.9 Å².